The molecule has 1 aliphatic heterocycles. The molecule has 0 aliphatic carbocycles. The molecule has 90 valence electrons. The summed E-state index contributed by atoms with van der Waals surface area (Å²) in [4.78, 5) is 0. The lowest BCUT2D eigenvalue weighted by Gasteiger charge is -2.15. The second-order valence-electron chi connectivity index (χ2n) is 4.33. The molecular formula is C11H20N4O. The Morgan fingerprint density at radius 3 is 3.12 bits per heavy atom. The average Bonchev–Trinajstić information content (AvgIpc) is 2.73. The summed E-state index contributed by atoms with van der Waals surface area (Å²) >= 11 is 0. The first-order chi connectivity index (χ1) is 7.81. The van der Waals surface area contributed by atoms with Gasteiger partial charge >= 0.3 is 0 Å². The van der Waals surface area contributed by atoms with Crippen LogP contribution in [0.15, 0.2) is 0 Å². The Hall–Kier alpha value is -0.940. The lowest BCUT2D eigenvalue weighted by atomic mass is 10.2. The Morgan fingerprint density at radius 2 is 2.31 bits per heavy atom. The van der Waals surface area contributed by atoms with Gasteiger partial charge in [-0.1, -0.05) is 6.92 Å². The number of fused-ring (bicyclic) bond motifs is 1. The van der Waals surface area contributed by atoms with Crippen molar-refractivity contribution in [3.8, 4) is 0 Å². The van der Waals surface area contributed by atoms with Crippen LogP contribution in [0.1, 0.15) is 37.8 Å². The molecule has 2 rings (SSSR count). The molecule has 0 spiro atoms. The van der Waals surface area contributed by atoms with E-state index in [0.29, 0.717) is 13.1 Å². The average molecular weight is 224 g/mol. The normalized spacial score (nSPS) is 17.1. The zero-order valence-corrected chi connectivity index (χ0v) is 9.82. The molecule has 1 aliphatic rings. The Balaban J connectivity index is 1.87. The van der Waals surface area contributed by atoms with Crippen molar-refractivity contribution in [2.75, 3.05) is 6.54 Å². The number of aryl methyl sites for hydroxylation is 1. The first kappa shape index (κ1) is 11.5. The van der Waals surface area contributed by atoms with Gasteiger partial charge < -0.3 is 15.0 Å². The van der Waals surface area contributed by atoms with Gasteiger partial charge in [0.2, 0.25) is 0 Å². The molecule has 5 heteroatoms. The second kappa shape index (κ2) is 5.41. The molecule has 0 radical (unpaired) electrons. The van der Waals surface area contributed by atoms with Crippen LogP contribution in [0, 0.1) is 0 Å². The minimum atomic E-state index is -0.260. The fourth-order valence-electron chi connectivity index (χ4n) is 1.99. The summed E-state index contributed by atoms with van der Waals surface area (Å²) in [6.45, 7) is 4.34. The van der Waals surface area contributed by atoms with Crippen LogP contribution in [0.3, 0.4) is 0 Å². The molecule has 0 saturated carbocycles. The van der Waals surface area contributed by atoms with Crippen molar-refractivity contribution in [1.82, 2.24) is 20.1 Å². The summed E-state index contributed by atoms with van der Waals surface area (Å²) in [7, 11) is 0. The van der Waals surface area contributed by atoms with E-state index >= 15 is 0 Å². The zero-order chi connectivity index (χ0) is 11.4. The van der Waals surface area contributed by atoms with Crippen LogP contribution in [0.4, 0.5) is 0 Å². The van der Waals surface area contributed by atoms with Crippen LogP contribution in [0.2, 0.25) is 0 Å². The Bertz CT molecular complexity index is 337. The van der Waals surface area contributed by atoms with Crippen molar-refractivity contribution >= 4 is 0 Å². The van der Waals surface area contributed by atoms with Gasteiger partial charge in [0, 0.05) is 19.5 Å². The first-order valence-electron chi connectivity index (χ1n) is 6.11. The summed E-state index contributed by atoms with van der Waals surface area (Å²) in [5.74, 6) is 2.11. The van der Waals surface area contributed by atoms with E-state index in [2.05, 4.69) is 20.1 Å². The Labute approximate surface area is 95.9 Å². The summed E-state index contributed by atoms with van der Waals surface area (Å²) in [6, 6.07) is 0. The summed E-state index contributed by atoms with van der Waals surface area (Å²) in [5, 5.41) is 21.0. The minimum Gasteiger partial charge on any atom is -0.392 e. The molecule has 0 aromatic carbocycles. The van der Waals surface area contributed by atoms with Gasteiger partial charge in [-0.25, -0.2) is 0 Å². The van der Waals surface area contributed by atoms with Gasteiger partial charge in [-0.15, -0.1) is 10.2 Å². The van der Waals surface area contributed by atoms with Gasteiger partial charge in [0.25, 0.3) is 0 Å². The second-order valence-corrected chi connectivity index (χ2v) is 4.33. The maximum Gasteiger partial charge on any atom is 0.147 e. The van der Waals surface area contributed by atoms with E-state index in [4.69, 9.17) is 0 Å². The smallest absolute Gasteiger partial charge is 0.147 e. The predicted molar refractivity (Wildman–Crippen MR) is 61.0 cm³/mol. The van der Waals surface area contributed by atoms with E-state index in [9.17, 15) is 5.11 Å². The molecule has 1 aromatic rings. The van der Waals surface area contributed by atoms with Crippen LogP contribution in [-0.4, -0.2) is 32.5 Å². The molecule has 5 nitrogen and oxygen atoms in total. The maximum absolute atomic E-state index is 9.42. The van der Waals surface area contributed by atoms with E-state index in [1.165, 1.54) is 12.8 Å². The van der Waals surface area contributed by atoms with Crippen LogP contribution in [-0.2, 0) is 19.5 Å². The van der Waals surface area contributed by atoms with Gasteiger partial charge in [0.1, 0.15) is 11.6 Å². The SMILES string of the molecule is CCC(O)CNCc1nnc2n1CCCC2. The van der Waals surface area contributed by atoms with E-state index in [1.807, 2.05) is 6.92 Å². The minimum absolute atomic E-state index is 0.260. The highest BCUT2D eigenvalue weighted by Crippen LogP contribution is 2.13. The van der Waals surface area contributed by atoms with E-state index in [0.717, 1.165) is 31.0 Å². The first-order valence-corrected chi connectivity index (χ1v) is 6.11. The van der Waals surface area contributed by atoms with Gasteiger partial charge in [-0.05, 0) is 19.3 Å². The highest BCUT2D eigenvalue weighted by molar-refractivity contribution is 4.98. The summed E-state index contributed by atoms with van der Waals surface area (Å²) in [5.41, 5.74) is 0. The van der Waals surface area contributed by atoms with Crippen molar-refractivity contribution in [2.24, 2.45) is 0 Å². The van der Waals surface area contributed by atoms with Gasteiger partial charge in [0.05, 0.1) is 12.6 Å². The van der Waals surface area contributed by atoms with Crippen molar-refractivity contribution in [2.45, 2.75) is 51.8 Å². The molecule has 0 saturated heterocycles. The lowest BCUT2D eigenvalue weighted by molar-refractivity contribution is 0.166. The Kier molecular flexibility index (Phi) is 3.90. The molecule has 1 atom stereocenters. The van der Waals surface area contributed by atoms with Crippen LogP contribution < -0.4 is 5.32 Å². The fraction of sp³-hybridized carbons (Fsp3) is 0.818. The van der Waals surface area contributed by atoms with Crippen LogP contribution in [0.25, 0.3) is 0 Å². The third-order valence-corrected chi connectivity index (χ3v) is 3.07. The monoisotopic (exact) mass is 224 g/mol. The number of aliphatic hydroxyl groups is 1. The largest absolute Gasteiger partial charge is 0.392 e. The molecule has 1 aromatic heterocycles. The highest BCUT2D eigenvalue weighted by Gasteiger charge is 2.15. The van der Waals surface area contributed by atoms with E-state index in [-0.39, 0.29) is 6.10 Å². The third kappa shape index (κ3) is 2.59. The number of nitrogens with one attached hydrogen (secondary N) is 1. The van der Waals surface area contributed by atoms with Crippen LogP contribution in [0.5, 0.6) is 0 Å². The molecular weight excluding hydrogens is 204 g/mol. The van der Waals surface area contributed by atoms with Crippen molar-refractivity contribution < 1.29 is 5.11 Å². The van der Waals surface area contributed by atoms with E-state index in [1.54, 1.807) is 0 Å². The Morgan fingerprint density at radius 1 is 1.44 bits per heavy atom. The van der Waals surface area contributed by atoms with Gasteiger partial charge in [0.15, 0.2) is 0 Å². The molecule has 0 fully saturated rings. The standard InChI is InChI=1S/C11H20N4O/c1-2-9(16)7-12-8-11-14-13-10-5-3-4-6-15(10)11/h9,12,16H,2-8H2,1H3. The summed E-state index contributed by atoms with van der Waals surface area (Å²) in [6.07, 6.45) is 4.01. The topological polar surface area (TPSA) is 63.0 Å². The zero-order valence-electron chi connectivity index (χ0n) is 9.82. The molecule has 16 heavy (non-hydrogen) atoms. The number of rotatable bonds is 5. The number of hydrogen-bond donors (Lipinski definition) is 2. The van der Waals surface area contributed by atoms with Crippen molar-refractivity contribution in [3.05, 3.63) is 11.6 Å². The number of nitrogens with zero attached hydrogens (tertiary/aromatic N) is 3. The maximum atomic E-state index is 9.42. The molecule has 0 bridgehead atoms. The molecule has 2 heterocycles. The fourth-order valence-corrected chi connectivity index (χ4v) is 1.99. The number of hydrogen-bond acceptors (Lipinski definition) is 4. The number of aromatic nitrogens is 3. The van der Waals surface area contributed by atoms with Gasteiger partial charge in [-0.2, -0.15) is 0 Å². The van der Waals surface area contributed by atoms with Crippen molar-refractivity contribution in [3.63, 3.8) is 0 Å². The third-order valence-electron chi connectivity index (χ3n) is 3.07. The molecule has 0 amide bonds. The lowest BCUT2D eigenvalue weighted by Crippen LogP contribution is -2.27. The van der Waals surface area contributed by atoms with Crippen LogP contribution >= 0.6 is 0 Å². The summed E-state index contributed by atoms with van der Waals surface area (Å²) < 4.78 is 2.20. The van der Waals surface area contributed by atoms with E-state index < -0.39 is 0 Å². The quantitative estimate of drug-likeness (QED) is 0.763. The molecule has 2 N–H and O–H groups in total. The number of aliphatic hydroxyl groups excluding tert-OH is 1. The van der Waals surface area contributed by atoms with Crippen molar-refractivity contribution in [1.29, 1.82) is 0 Å². The highest BCUT2D eigenvalue weighted by atomic mass is 16.3. The predicted octanol–water partition coefficient (Wildman–Crippen LogP) is 0.475. The van der Waals surface area contributed by atoms with Gasteiger partial charge in [-0.3, -0.25) is 0 Å². The molecule has 1 unspecified atom stereocenters.